The lowest BCUT2D eigenvalue weighted by Gasteiger charge is -2.35. The lowest BCUT2D eigenvalue weighted by atomic mass is 9.99. The first kappa shape index (κ1) is 24.0. The Labute approximate surface area is 205 Å². The zero-order chi connectivity index (χ0) is 24.6. The van der Waals surface area contributed by atoms with Crippen LogP contribution >= 0.6 is 0 Å². The number of fused-ring (bicyclic) bond motifs is 2. The van der Waals surface area contributed by atoms with Crippen LogP contribution in [0, 0.1) is 5.21 Å². The lowest BCUT2D eigenvalue weighted by molar-refractivity contribution is 0.0395. The van der Waals surface area contributed by atoms with Crippen LogP contribution in [0.15, 0.2) is 18.5 Å². The largest absolute Gasteiger partial charge is 0.740 e. The third-order valence-corrected chi connectivity index (χ3v) is 8.60. The van der Waals surface area contributed by atoms with Gasteiger partial charge in [-0.25, -0.2) is 9.10 Å². The van der Waals surface area contributed by atoms with Crippen molar-refractivity contribution in [3.63, 3.8) is 0 Å². The van der Waals surface area contributed by atoms with Gasteiger partial charge in [0.2, 0.25) is 0 Å². The molecule has 35 heavy (non-hydrogen) atoms. The van der Waals surface area contributed by atoms with E-state index in [9.17, 15) is 18.4 Å². The highest BCUT2D eigenvalue weighted by Gasteiger charge is 2.31. The van der Waals surface area contributed by atoms with E-state index in [0.29, 0.717) is 38.5 Å². The number of ether oxygens (including phenoxy) is 1. The maximum absolute atomic E-state index is 13.4. The van der Waals surface area contributed by atoms with Crippen molar-refractivity contribution in [2.75, 3.05) is 49.0 Å². The standard InChI is InChI=1S/C23H31N6O5S/c1-26-16-19(15-24-26)28(9-8-27-10-12-34-13-11-27)35(32,33)29(31)23(30)25-22-20-6-2-4-17(20)14-18-5-3-7-21(18)22/h14-16H,2-13H2,1H3,(H,25,30)/q-1. The minimum Gasteiger partial charge on any atom is -0.740 e. The number of aromatic nitrogens is 2. The number of amides is 2. The van der Waals surface area contributed by atoms with Gasteiger partial charge in [-0.05, 0) is 60.8 Å². The molecule has 2 aliphatic carbocycles. The van der Waals surface area contributed by atoms with Crippen LogP contribution in [0.4, 0.5) is 16.2 Å². The van der Waals surface area contributed by atoms with E-state index >= 15 is 0 Å². The molecule has 1 aromatic heterocycles. The molecule has 0 saturated carbocycles. The van der Waals surface area contributed by atoms with Crippen molar-refractivity contribution in [3.8, 4) is 0 Å². The van der Waals surface area contributed by atoms with Crippen molar-refractivity contribution in [1.29, 1.82) is 0 Å². The maximum atomic E-state index is 13.4. The van der Waals surface area contributed by atoms with Crippen molar-refractivity contribution in [1.82, 2.24) is 19.1 Å². The first-order valence-corrected chi connectivity index (χ1v) is 13.5. The van der Waals surface area contributed by atoms with E-state index in [2.05, 4.69) is 21.4 Å². The molecule has 5 rings (SSSR count). The summed E-state index contributed by atoms with van der Waals surface area (Å²) in [5, 5.41) is 19.8. The van der Waals surface area contributed by atoms with Gasteiger partial charge >= 0.3 is 16.2 Å². The second-order valence-corrected chi connectivity index (χ2v) is 11.0. The number of benzene rings is 1. The fourth-order valence-electron chi connectivity index (χ4n) is 5.29. The molecule has 0 spiro atoms. The summed E-state index contributed by atoms with van der Waals surface area (Å²) < 4.78 is 34.2. The molecule has 0 atom stereocenters. The highest BCUT2D eigenvalue weighted by molar-refractivity contribution is 7.91. The highest BCUT2D eigenvalue weighted by Crippen LogP contribution is 2.38. The van der Waals surface area contributed by atoms with Crippen LogP contribution < -0.4 is 9.62 Å². The smallest absolute Gasteiger partial charge is 0.326 e. The Morgan fingerprint density at radius 3 is 2.40 bits per heavy atom. The van der Waals surface area contributed by atoms with Gasteiger partial charge in [-0.15, -0.1) is 0 Å². The number of nitrogens with zero attached hydrogens (tertiary/aromatic N) is 5. The van der Waals surface area contributed by atoms with Gasteiger partial charge in [0.05, 0.1) is 25.1 Å². The van der Waals surface area contributed by atoms with Crippen LogP contribution in [-0.2, 0) is 47.7 Å². The highest BCUT2D eigenvalue weighted by atomic mass is 32.2. The summed E-state index contributed by atoms with van der Waals surface area (Å²) in [6, 6.07) is 1.02. The quantitative estimate of drug-likeness (QED) is 0.572. The minimum atomic E-state index is -4.70. The predicted molar refractivity (Wildman–Crippen MR) is 131 cm³/mol. The summed E-state index contributed by atoms with van der Waals surface area (Å²) in [6.07, 6.45) is 8.34. The Hall–Kier alpha value is -2.67. The molecular formula is C23H31N6O5S-. The van der Waals surface area contributed by atoms with E-state index in [-0.39, 0.29) is 12.2 Å². The average molecular weight is 504 g/mol. The van der Waals surface area contributed by atoms with E-state index in [1.54, 1.807) is 7.05 Å². The molecule has 2 amide bonds. The first-order chi connectivity index (χ1) is 16.8. The molecule has 0 bridgehead atoms. The van der Waals surface area contributed by atoms with E-state index in [4.69, 9.17) is 4.74 Å². The van der Waals surface area contributed by atoms with Gasteiger partial charge in [-0.2, -0.15) is 13.5 Å². The fourth-order valence-corrected chi connectivity index (χ4v) is 6.39. The molecule has 12 heteroatoms. The molecule has 3 aliphatic rings. The summed E-state index contributed by atoms with van der Waals surface area (Å²) >= 11 is 0. The van der Waals surface area contributed by atoms with Crippen molar-refractivity contribution >= 4 is 27.6 Å². The lowest BCUT2D eigenvalue weighted by Crippen LogP contribution is -2.49. The van der Waals surface area contributed by atoms with E-state index in [1.165, 1.54) is 28.2 Å². The molecule has 1 N–H and O–H groups in total. The molecule has 0 unspecified atom stereocenters. The van der Waals surface area contributed by atoms with E-state index in [1.807, 2.05) is 0 Å². The third kappa shape index (κ3) is 4.75. The van der Waals surface area contributed by atoms with E-state index in [0.717, 1.165) is 54.0 Å². The van der Waals surface area contributed by atoms with Crippen molar-refractivity contribution in [3.05, 3.63) is 45.9 Å². The maximum Gasteiger partial charge on any atom is 0.326 e. The van der Waals surface area contributed by atoms with E-state index < -0.39 is 20.7 Å². The van der Waals surface area contributed by atoms with Crippen LogP contribution in [0.2, 0.25) is 0 Å². The minimum absolute atomic E-state index is 0.0101. The van der Waals surface area contributed by atoms with Crippen molar-refractivity contribution < 1.29 is 17.9 Å². The molecule has 1 fully saturated rings. The Morgan fingerprint density at radius 1 is 1.14 bits per heavy atom. The summed E-state index contributed by atoms with van der Waals surface area (Å²) in [6.45, 7) is 2.89. The molecule has 2 heterocycles. The number of hydrogen-bond donors (Lipinski definition) is 1. The summed E-state index contributed by atoms with van der Waals surface area (Å²) in [5.74, 6) is 0. The molecule has 1 aliphatic heterocycles. The summed E-state index contributed by atoms with van der Waals surface area (Å²) in [5.41, 5.74) is 5.29. The third-order valence-electron chi connectivity index (χ3n) is 7.06. The molecular weight excluding hydrogens is 472 g/mol. The number of anilines is 2. The zero-order valence-electron chi connectivity index (χ0n) is 19.9. The number of morpholine rings is 1. The first-order valence-electron chi connectivity index (χ1n) is 12.1. The van der Waals surface area contributed by atoms with Gasteiger partial charge in [0.25, 0.3) is 0 Å². The van der Waals surface area contributed by atoms with Crippen molar-refractivity contribution in [2.24, 2.45) is 7.05 Å². The number of hydrogen-bond acceptors (Lipinski definition) is 7. The molecule has 11 nitrogen and oxygen atoms in total. The van der Waals surface area contributed by atoms with Gasteiger partial charge in [-0.1, -0.05) is 6.07 Å². The number of rotatable bonds is 7. The van der Waals surface area contributed by atoms with Gasteiger partial charge in [0.15, 0.2) is 0 Å². The Bertz CT molecular complexity index is 1170. The van der Waals surface area contributed by atoms with Crippen LogP contribution in [0.3, 0.4) is 0 Å². The Balaban J connectivity index is 1.38. The fraction of sp³-hybridized carbons (Fsp3) is 0.565. The van der Waals surface area contributed by atoms with Crippen LogP contribution in [0.25, 0.3) is 0 Å². The molecule has 0 radical (unpaired) electrons. The number of carbonyl (C=O) groups excluding carboxylic acids is 1. The number of aryl methyl sites for hydroxylation is 3. The normalized spacial score (nSPS) is 17.8. The average Bonchev–Trinajstić information content (AvgIpc) is 3.60. The van der Waals surface area contributed by atoms with Crippen LogP contribution in [0.5, 0.6) is 0 Å². The molecule has 1 saturated heterocycles. The zero-order valence-corrected chi connectivity index (χ0v) is 20.7. The van der Waals surface area contributed by atoms with Gasteiger partial charge < -0.3 is 15.3 Å². The summed E-state index contributed by atoms with van der Waals surface area (Å²) in [7, 11) is -3.04. The van der Waals surface area contributed by atoms with Gasteiger partial charge in [0.1, 0.15) is 0 Å². The molecule has 190 valence electrons. The van der Waals surface area contributed by atoms with Crippen LogP contribution in [0.1, 0.15) is 35.1 Å². The second kappa shape index (κ2) is 9.76. The Kier molecular flexibility index (Phi) is 6.71. The monoisotopic (exact) mass is 503 g/mol. The predicted octanol–water partition coefficient (Wildman–Crippen LogP) is 1.81. The molecule has 2 aromatic rings. The topological polar surface area (TPSA) is 123 Å². The number of urea groups is 1. The molecule has 1 aromatic carbocycles. The Morgan fingerprint density at radius 2 is 1.80 bits per heavy atom. The van der Waals surface area contributed by atoms with Crippen molar-refractivity contribution in [2.45, 2.75) is 38.5 Å². The summed E-state index contributed by atoms with van der Waals surface area (Å²) in [4.78, 5) is 15.1. The second-order valence-electron chi connectivity index (χ2n) is 9.30. The number of nitrogens with one attached hydrogen (secondary N) is 1. The SMILES string of the molecule is Cn1cc(N(CCN2CCOCC2)S(=O)(=O)N([O-])C(=O)Nc2c3c(cc4c2CCC4)CCC3)cn1. The van der Waals surface area contributed by atoms with Gasteiger partial charge in [-0.3, -0.25) is 14.1 Å². The number of hydroxylamine groups is 1. The van der Waals surface area contributed by atoms with Gasteiger partial charge in [0, 0.05) is 45.1 Å². The van der Waals surface area contributed by atoms with Crippen LogP contribution in [-0.4, -0.2) is 73.0 Å². The number of carbonyl (C=O) groups is 1.